The van der Waals surface area contributed by atoms with Crippen LogP contribution >= 0.6 is 11.8 Å². The van der Waals surface area contributed by atoms with Crippen molar-refractivity contribution in [3.05, 3.63) is 6.33 Å². The highest BCUT2D eigenvalue weighted by Gasteiger charge is 2.06. The summed E-state index contributed by atoms with van der Waals surface area (Å²) in [5, 5.41) is 16.7. The summed E-state index contributed by atoms with van der Waals surface area (Å²) in [6.45, 7) is 3.81. The minimum Gasteiger partial charge on any atom is -0.481 e. The van der Waals surface area contributed by atoms with E-state index >= 15 is 0 Å². The Morgan fingerprint density at radius 1 is 1.73 bits per heavy atom. The number of carboxylic acids is 1. The van der Waals surface area contributed by atoms with Crippen molar-refractivity contribution >= 4 is 17.7 Å². The first-order valence-corrected chi connectivity index (χ1v) is 5.52. The predicted molar refractivity (Wildman–Crippen MR) is 54.9 cm³/mol. The quantitative estimate of drug-likeness (QED) is 0.543. The van der Waals surface area contributed by atoms with E-state index in [0.29, 0.717) is 24.9 Å². The fourth-order valence-corrected chi connectivity index (χ4v) is 1.60. The zero-order valence-electron chi connectivity index (χ0n) is 8.42. The fourth-order valence-electron chi connectivity index (χ4n) is 0.943. The number of aliphatic carboxylic acids is 1. The second-order valence-electron chi connectivity index (χ2n) is 2.69. The molecular weight excluding hydrogens is 218 g/mol. The van der Waals surface area contributed by atoms with Gasteiger partial charge in [-0.1, -0.05) is 11.8 Å². The lowest BCUT2D eigenvalue weighted by Gasteiger charge is -2.04. The Bertz CT molecular complexity index is 316. The smallest absolute Gasteiger partial charge is 0.313 e. The van der Waals surface area contributed by atoms with Crippen molar-refractivity contribution in [3.63, 3.8) is 0 Å². The lowest BCUT2D eigenvalue weighted by Crippen LogP contribution is -2.07. The molecule has 15 heavy (non-hydrogen) atoms. The summed E-state index contributed by atoms with van der Waals surface area (Å²) in [7, 11) is 0. The molecule has 6 nitrogen and oxygen atoms in total. The standard InChI is InChI=1S/C8H13N3O3S/c1-2-14-4-3-11-6-9-10-8(11)15-5-7(12)13/h6H,2-5H2,1H3,(H,12,13). The number of thioether (sulfide) groups is 1. The number of carboxylic acid groups (broad SMARTS) is 1. The Morgan fingerprint density at radius 2 is 2.53 bits per heavy atom. The van der Waals surface area contributed by atoms with Crippen molar-refractivity contribution < 1.29 is 14.6 Å². The molecule has 7 heteroatoms. The normalized spacial score (nSPS) is 10.5. The molecule has 1 rings (SSSR count). The lowest BCUT2D eigenvalue weighted by molar-refractivity contribution is -0.133. The number of hydrogen-bond acceptors (Lipinski definition) is 5. The molecule has 0 aliphatic heterocycles. The van der Waals surface area contributed by atoms with Crippen LogP contribution < -0.4 is 0 Å². The fraction of sp³-hybridized carbons (Fsp3) is 0.625. The molecule has 0 fully saturated rings. The molecule has 0 amide bonds. The maximum Gasteiger partial charge on any atom is 0.313 e. The van der Waals surface area contributed by atoms with E-state index in [4.69, 9.17) is 9.84 Å². The van der Waals surface area contributed by atoms with Gasteiger partial charge in [-0.2, -0.15) is 0 Å². The van der Waals surface area contributed by atoms with Gasteiger partial charge < -0.3 is 14.4 Å². The van der Waals surface area contributed by atoms with E-state index in [-0.39, 0.29) is 5.75 Å². The molecule has 0 aliphatic rings. The van der Waals surface area contributed by atoms with Gasteiger partial charge >= 0.3 is 5.97 Å². The van der Waals surface area contributed by atoms with Gasteiger partial charge in [0, 0.05) is 13.2 Å². The van der Waals surface area contributed by atoms with Gasteiger partial charge in [0.05, 0.1) is 12.4 Å². The van der Waals surface area contributed by atoms with Crippen molar-refractivity contribution in [1.82, 2.24) is 14.8 Å². The van der Waals surface area contributed by atoms with Gasteiger partial charge in [0.2, 0.25) is 0 Å². The van der Waals surface area contributed by atoms with Gasteiger partial charge in [0.1, 0.15) is 6.33 Å². The summed E-state index contributed by atoms with van der Waals surface area (Å²) in [5.74, 6) is -0.868. The number of carbonyl (C=O) groups is 1. The number of aromatic nitrogens is 3. The minimum absolute atomic E-state index is 0.00662. The molecule has 0 aromatic carbocycles. The molecule has 0 spiro atoms. The van der Waals surface area contributed by atoms with Gasteiger partial charge in [-0.15, -0.1) is 10.2 Å². The number of rotatable bonds is 7. The predicted octanol–water partition coefficient (Wildman–Crippen LogP) is 0.491. The second kappa shape index (κ2) is 6.41. The highest BCUT2D eigenvalue weighted by molar-refractivity contribution is 7.99. The monoisotopic (exact) mass is 231 g/mol. The van der Waals surface area contributed by atoms with Crippen LogP contribution in [0.15, 0.2) is 11.5 Å². The van der Waals surface area contributed by atoms with E-state index in [1.165, 1.54) is 0 Å². The largest absolute Gasteiger partial charge is 0.481 e. The number of nitrogens with zero attached hydrogens (tertiary/aromatic N) is 3. The first-order valence-electron chi connectivity index (χ1n) is 4.54. The van der Waals surface area contributed by atoms with Crippen LogP contribution in [-0.4, -0.2) is 44.8 Å². The zero-order chi connectivity index (χ0) is 11.1. The molecule has 0 bridgehead atoms. The van der Waals surface area contributed by atoms with E-state index in [2.05, 4.69) is 10.2 Å². The van der Waals surface area contributed by atoms with Crippen molar-refractivity contribution in [2.24, 2.45) is 0 Å². The topological polar surface area (TPSA) is 77.2 Å². The summed E-state index contributed by atoms with van der Waals surface area (Å²) in [6, 6.07) is 0. The molecule has 0 saturated heterocycles. The van der Waals surface area contributed by atoms with Crippen molar-refractivity contribution in [3.8, 4) is 0 Å². The molecule has 0 aliphatic carbocycles. The Hall–Kier alpha value is -1.08. The van der Waals surface area contributed by atoms with E-state index < -0.39 is 5.97 Å². The Balaban J connectivity index is 2.42. The first kappa shape index (κ1) is 12.0. The van der Waals surface area contributed by atoms with E-state index in [0.717, 1.165) is 11.8 Å². The third kappa shape index (κ3) is 4.30. The Morgan fingerprint density at radius 3 is 3.20 bits per heavy atom. The Labute approximate surface area is 91.6 Å². The van der Waals surface area contributed by atoms with Crippen molar-refractivity contribution in [1.29, 1.82) is 0 Å². The van der Waals surface area contributed by atoms with E-state index in [1.54, 1.807) is 10.9 Å². The third-order valence-corrected chi connectivity index (χ3v) is 2.55. The van der Waals surface area contributed by atoms with E-state index in [1.807, 2.05) is 6.92 Å². The second-order valence-corrected chi connectivity index (χ2v) is 3.63. The average Bonchev–Trinajstić information content (AvgIpc) is 2.63. The van der Waals surface area contributed by atoms with Gasteiger partial charge in [-0.05, 0) is 6.92 Å². The molecule has 0 atom stereocenters. The molecule has 84 valence electrons. The summed E-state index contributed by atoms with van der Waals surface area (Å²) in [5.41, 5.74) is 0. The van der Waals surface area contributed by atoms with Crippen LogP contribution in [0.4, 0.5) is 0 Å². The van der Waals surface area contributed by atoms with Crippen LogP contribution in [0, 0.1) is 0 Å². The molecular formula is C8H13N3O3S. The van der Waals surface area contributed by atoms with Crippen molar-refractivity contribution in [2.45, 2.75) is 18.6 Å². The van der Waals surface area contributed by atoms with Crippen LogP contribution in [0.2, 0.25) is 0 Å². The summed E-state index contributed by atoms with van der Waals surface area (Å²) in [4.78, 5) is 10.4. The van der Waals surface area contributed by atoms with Gasteiger partial charge in [-0.3, -0.25) is 4.79 Å². The lowest BCUT2D eigenvalue weighted by atomic mass is 10.6. The van der Waals surface area contributed by atoms with Gasteiger partial charge in [0.25, 0.3) is 0 Å². The van der Waals surface area contributed by atoms with Crippen LogP contribution in [0.5, 0.6) is 0 Å². The SMILES string of the molecule is CCOCCn1cnnc1SCC(=O)O. The van der Waals surface area contributed by atoms with Crippen LogP contribution in [0.1, 0.15) is 6.92 Å². The summed E-state index contributed by atoms with van der Waals surface area (Å²) < 4.78 is 6.97. The van der Waals surface area contributed by atoms with Crippen molar-refractivity contribution in [2.75, 3.05) is 19.0 Å². The number of hydrogen-bond donors (Lipinski definition) is 1. The maximum absolute atomic E-state index is 10.4. The molecule has 0 saturated carbocycles. The maximum atomic E-state index is 10.4. The molecule has 1 N–H and O–H groups in total. The molecule has 1 aromatic heterocycles. The number of ether oxygens (including phenoxy) is 1. The highest BCUT2D eigenvalue weighted by Crippen LogP contribution is 2.13. The first-order chi connectivity index (χ1) is 7.24. The average molecular weight is 231 g/mol. The van der Waals surface area contributed by atoms with E-state index in [9.17, 15) is 4.79 Å². The highest BCUT2D eigenvalue weighted by atomic mass is 32.2. The zero-order valence-corrected chi connectivity index (χ0v) is 9.24. The van der Waals surface area contributed by atoms with Gasteiger partial charge in [0.15, 0.2) is 5.16 Å². The molecule has 0 unspecified atom stereocenters. The summed E-state index contributed by atoms with van der Waals surface area (Å²) in [6.07, 6.45) is 1.57. The summed E-state index contributed by atoms with van der Waals surface area (Å²) >= 11 is 1.15. The molecule has 1 aromatic rings. The molecule has 0 radical (unpaired) electrons. The van der Waals surface area contributed by atoms with Crippen LogP contribution in [-0.2, 0) is 16.1 Å². The minimum atomic E-state index is -0.862. The molecule has 1 heterocycles. The van der Waals surface area contributed by atoms with Crippen LogP contribution in [0.25, 0.3) is 0 Å². The van der Waals surface area contributed by atoms with Crippen LogP contribution in [0.3, 0.4) is 0 Å². The van der Waals surface area contributed by atoms with Gasteiger partial charge in [-0.25, -0.2) is 0 Å². The Kier molecular flexibility index (Phi) is 5.13. The third-order valence-electron chi connectivity index (χ3n) is 1.59.